The Labute approximate surface area is 133 Å². The van der Waals surface area contributed by atoms with Crippen LogP contribution >= 0.6 is 31.9 Å². The Hall–Kier alpha value is -1.27. The number of halogens is 3. The van der Waals surface area contributed by atoms with Crippen LogP contribution in [0.1, 0.15) is 17.3 Å². The molecule has 1 aromatic heterocycles. The smallest absolute Gasteiger partial charge is 0.259 e. The number of hydrogen-bond acceptors (Lipinski definition) is 2. The molecule has 0 saturated heterocycles. The van der Waals surface area contributed by atoms with Gasteiger partial charge in [-0.3, -0.25) is 9.69 Å². The number of anilines is 1. The van der Waals surface area contributed by atoms with Gasteiger partial charge in [-0.25, -0.2) is 9.37 Å². The molecule has 0 bridgehead atoms. The van der Waals surface area contributed by atoms with Gasteiger partial charge in [0.15, 0.2) is 0 Å². The fourth-order valence-electron chi connectivity index (χ4n) is 1.77. The van der Waals surface area contributed by atoms with Gasteiger partial charge in [-0.1, -0.05) is 15.9 Å². The fourth-order valence-corrected chi connectivity index (χ4v) is 2.47. The van der Waals surface area contributed by atoms with E-state index < -0.39 is 5.82 Å². The van der Waals surface area contributed by atoms with E-state index in [2.05, 4.69) is 36.8 Å². The van der Waals surface area contributed by atoms with Crippen LogP contribution in [-0.2, 0) is 0 Å². The molecule has 0 atom stereocenters. The SMILES string of the molecule is CCN(C(=O)c1cc(F)cc(Br)c1)c1ccc(Br)cn1. The standard InChI is InChI=1S/C14H11Br2FN2O/c1-2-19(13-4-3-10(15)8-18-13)14(20)9-5-11(16)7-12(17)6-9/h3-8H,2H2,1H3. The number of hydrogen-bond donors (Lipinski definition) is 0. The van der Waals surface area contributed by atoms with E-state index in [1.807, 2.05) is 6.92 Å². The second-order valence-electron chi connectivity index (χ2n) is 4.04. The van der Waals surface area contributed by atoms with Crippen LogP contribution in [0.2, 0.25) is 0 Å². The first-order valence-electron chi connectivity index (χ1n) is 5.90. The highest BCUT2D eigenvalue weighted by atomic mass is 79.9. The number of carbonyl (C=O) groups is 1. The average molecular weight is 402 g/mol. The van der Waals surface area contributed by atoms with E-state index in [1.165, 1.54) is 17.0 Å². The molecule has 0 fully saturated rings. The topological polar surface area (TPSA) is 33.2 Å². The zero-order valence-electron chi connectivity index (χ0n) is 10.6. The summed E-state index contributed by atoms with van der Waals surface area (Å²) < 4.78 is 14.7. The van der Waals surface area contributed by atoms with Crippen LogP contribution in [-0.4, -0.2) is 17.4 Å². The summed E-state index contributed by atoms with van der Waals surface area (Å²) in [6.45, 7) is 2.29. The van der Waals surface area contributed by atoms with Crippen molar-refractivity contribution in [1.82, 2.24) is 4.98 Å². The van der Waals surface area contributed by atoms with Gasteiger partial charge < -0.3 is 0 Å². The van der Waals surface area contributed by atoms with Gasteiger partial charge in [-0.2, -0.15) is 0 Å². The van der Waals surface area contributed by atoms with E-state index in [0.29, 0.717) is 16.8 Å². The van der Waals surface area contributed by atoms with Crippen molar-refractivity contribution in [2.75, 3.05) is 11.4 Å². The molecule has 0 saturated carbocycles. The summed E-state index contributed by atoms with van der Waals surface area (Å²) in [5.41, 5.74) is 0.281. The lowest BCUT2D eigenvalue weighted by Gasteiger charge is -2.20. The van der Waals surface area contributed by atoms with Gasteiger partial charge in [0.1, 0.15) is 11.6 Å². The summed E-state index contributed by atoms with van der Waals surface area (Å²) in [7, 11) is 0. The van der Waals surface area contributed by atoms with Crippen molar-refractivity contribution >= 4 is 43.6 Å². The summed E-state index contributed by atoms with van der Waals surface area (Å²) in [6.07, 6.45) is 1.62. The van der Waals surface area contributed by atoms with Crippen molar-refractivity contribution in [1.29, 1.82) is 0 Å². The van der Waals surface area contributed by atoms with Crippen LogP contribution in [0.4, 0.5) is 10.2 Å². The Morgan fingerprint density at radius 3 is 2.55 bits per heavy atom. The van der Waals surface area contributed by atoms with Crippen LogP contribution in [0.5, 0.6) is 0 Å². The van der Waals surface area contributed by atoms with Crippen molar-refractivity contribution in [3.63, 3.8) is 0 Å². The van der Waals surface area contributed by atoms with E-state index in [1.54, 1.807) is 24.4 Å². The molecule has 1 heterocycles. The maximum Gasteiger partial charge on any atom is 0.259 e. The predicted molar refractivity (Wildman–Crippen MR) is 83.4 cm³/mol. The second-order valence-corrected chi connectivity index (χ2v) is 5.87. The summed E-state index contributed by atoms with van der Waals surface area (Å²) in [4.78, 5) is 18.1. The minimum Gasteiger partial charge on any atom is -0.293 e. The van der Waals surface area contributed by atoms with E-state index >= 15 is 0 Å². The fraction of sp³-hybridized carbons (Fsp3) is 0.143. The van der Waals surface area contributed by atoms with Gasteiger partial charge in [-0.05, 0) is 53.2 Å². The van der Waals surface area contributed by atoms with Crippen molar-refractivity contribution in [3.8, 4) is 0 Å². The number of aromatic nitrogens is 1. The molecular weight excluding hydrogens is 391 g/mol. The van der Waals surface area contributed by atoms with E-state index in [-0.39, 0.29) is 11.5 Å². The predicted octanol–water partition coefficient (Wildman–Crippen LogP) is 4.41. The molecule has 0 spiro atoms. The number of carbonyl (C=O) groups excluding carboxylic acids is 1. The van der Waals surface area contributed by atoms with E-state index in [0.717, 1.165) is 4.47 Å². The molecule has 0 radical (unpaired) electrons. The highest BCUT2D eigenvalue weighted by Gasteiger charge is 2.18. The summed E-state index contributed by atoms with van der Waals surface area (Å²) in [5, 5.41) is 0. The Bertz CT molecular complexity index is 611. The molecule has 1 aromatic carbocycles. The van der Waals surface area contributed by atoms with Crippen molar-refractivity contribution in [3.05, 3.63) is 56.9 Å². The Kier molecular flexibility index (Phi) is 4.88. The van der Waals surface area contributed by atoms with Gasteiger partial charge in [0.25, 0.3) is 5.91 Å². The van der Waals surface area contributed by atoms with Crippen molar-refractivity contribution < 1.29 is 9.18 Å². The van der Waals surface area contributed by atoms with Crippen molar-refractivity contribution in [2.45, 2.75) is 6.92 Å². The highest BCUT2D eigenvalue weighted by Crippen LogP contribution is 2.20. The monoisotopic (exact) mass is 400 g/mol. The summed E-state index contributed by atoms with van der Waals surface area (Å²) >= 11 is 6.48. The minimum absolute atomic E-state index is 0.281. The molecule has 0 unspecified atom stereocenters. The maximum absolute atomic E-state index is 13.4. The molecule has 2 rings (SSSR count). The first kappa shape index (κ1) is 15.1. The van der Waals surface area contributed by atoms with Crippen LogP contribution in [0, 0.1) is 5.82 Å². The Morgan fingerprint density at radius 2 is 2.00 bits per heavy atom. The number of pyridine rings is 1. The molecule has 6 heteroatoms. The van der Waals surface area contributed by atoms with E-state index in [4.69, 9.17) is 0 Å². The molecule has 20 heavy (non-hydrogen) atoms. The first-order chi connectivity index (χ1) is 9.51. The largest absolute Gasteiger partial charge is 0.293 e. The van der Waals surface area contributed by atoms with Gasteiger partial charge in [-0.15, -0.1) is 0 Å². The van der Waals surface area contributed by atoms with Crippen LogP contribution in [0.3, 0.4) is 0 Å². The third-order valence-electron chi connectivity index (χ3n) is 2.66. The molecule has 2 aromatic rings. The van der Waals surface area contributed by atoms with Crippen molar-refractivity contribution in [2.24, 2.45) is 0 Å². The van der Waals surface area contributed by atoms with Crippen LogP contribution in [0.15, 0.2) is 45.5 Å². The maximum atomic E-state index is 13.4. The van der Waals surface area contributed by atoms with Crippen LogP contribution < -0.4 is 4.90 Å². The molecule has 1 amide bonds. The van der Waals surface area contributed by atoms with Gasteiger partial charge >= 0.3 is 0 Å². The molecule has 3 nitrogen and oxygen atoms in total. The summed E-state index contributed by atoms with van der Waals surface area (Å²) in [5.74, 6) is -0.217. The number of rotatable bonds is 3. The second kappa shape index (κ2) is 6.45. The van der Waals surface area contributed by atoms with Crippen LogP contribution in [0.25, 0.3) is 0 Å². The lowest BCUT2D eigenvalue weighted by atomic mass is 10.2. The molecular formula is C14H11Br2FN2O. The van der Waals surface area contributed by atoms with Gasteiger partial charge in [0.05, 0.1) is 0 Å². The number of amides is 1. The quantitative estimate of drug-likeness (QED) is 0.762. The lowest BCUT2D eigenvalue weighted by molar-refractivity contribution is 0.0987. The lowest BCUT2D eigenvalue weighted by Crippen LogP contribution is -2.31. The minimum atomic E-state index is -0.456. The van der Waals surface area contributed by atoms with Gasteiger partial charge in [0.2, 0.25) is 0 Å². The third-order valence-corrected chi connectivity index (χ3v) is 3.59. The summed E-state index contributed by atoms with van der Waals surface area (Å²) in [6, 6.07) is 7.66. The molecule has 0 aliphatic carbocycles. The molecule has 104 valence electrons. The highest BCUT2D eigenvalue weighted by molar-refractivity contribution is 9.10. The van der Waals surface area contributed by atoms with E-state index in [9.17, 15) is 9.18 Å². The normalized spacial score (nSPS) is 10.4. The number of nitrogens with zero attached hydrogens (tertiary/aromatic N) is 2. The first-order valence-corrected chi connectivity index (χ1v) is 7.49. The molecule has 0 N–H and O–H groups in total. The molecule has 0 aliphatic heterocycles. The molecule has 0 aliphatic rings. The Balaban J connectivity index is 2.36. The van der Waals surface area contributed by atoms with Gasteiger partial charge in [0, 0.05) is 27.3 Å². The average Bonchev–Trinajstić information content (AvgIpc) is 2.40. The Morgan fingerprint density at radius 1 is 1.25 bits per heavy atom. The zero-order valence-corrected chi connectivity index (χ0v) is 13.8. The number of benzene rings is 1. The third kappa shape index (κ3) is 3.43. The zero-order chi connectivity index (χ0) is 14.7.